The topological polar surface area (TPSA) is 35.8 Å². The first-order valence-corrected chi connectivity index (χ1v) is 5.78. The summed E-state index contributed by atoms with van der Waals surface area (Å²) in [6.45, 7) is 5.58. The lowest BCUT2D eigenvalue weighted by Gasteiger charge is -2.15. The van der Waals surface area contributed by atoms with Gasteiger partial charge in [-0.05, 0) is 44.5 Å². The molecule has 1 aromatic carbocycles. The van der Waals surface area contributed by atoms with Crippen LogP contribution in [0.25, 0.3) is 0 Å². The van der Waals surface area contributed by atoms with E-state index in [-0.39, 0.29) is 5.41 Å². The van der Waals surface area contributed by atoms with Gasteiger partial charge in [0, 0.05) is 11.6 Å². The summed E-state index contributed by atoms with van der Waals surface area (Å²) in [6.07, 6.45) is 0.858. The van der Waals surface area contributed by atoms with Gasteiger partial charge in [0.15, 0.2) is 0 Å². The van der Waals surface area contributed by atoms with E-state index in [1.165, 1.54) is 5.56 Å². The number of hydrogen-bond donors (Lipinski definition) is 1. The van der Waals surface area contributed by atoms with Gasteiger partial charge in [0.1, 0.15) is 0 Å². The molecule has 0 heterocycles. The molecule has 2 nitrogen and oxygen atoms in total. The largest absolute Gasteiger partial charge is 0.313 e. The summed E-state index contributed by atoms with van der Waals surface area (Å²) >= 11 is 5.80. The maximum absolute atomic E-state index is 8.85. The molecule has 3 heteroatoms. The van der Waals surface area contributed by atoms with Crippen LogP contribution < -0.4 is 5.32 Å². The van der Waals surface area contributed by atoms with Crippen LogP contribution >= 0.6 is 11.6 Å². The Morgan fingerprint density at radius 3 is 2.50 bits per heavy atom. The molecule has 1 N–H and O–H groups in total. The quantitative estimate of drug-likeness (QED) is 0.796. The first-order valence-electron chi connectivity index (χ1n) is 5.40. The Morgan fingerprint density at radius 1 is 1.31 bits per heavy atom. The molecule has 0 saturated carbocycles. The molecule has 1 rings (SSSR count). The molecule has 0 radical (unpaired) electrons. The molecule has 0 bridgehead atoms. The average Bonchev–Trinajstić information content (AvgIpc) is 2.27. The second-order valence-corrected chi connectivity index (χ2v) is 4.99. The maximum atomic E-state index is 8.85. The molecule has 0 spiro atoms. The summed E-state index contributed by atoms with van der Waals surface area (Å²) in [5.41, 5.74) is 0.964. The third-order valence-corrected chi connectivity index (χ3v) is 2.72. The molecule has 0 atom stereocenters. The zero-order valence-corrected chi connectivity index (χ0v) is 10.5. The average molecular weight is 237 g/mol. The summed E-state index contributed by atoms with van der Waals surface area (Å²) in [4.78, 5) is 0. The summed E-state index contributed by atoms with van der Waals surface area (Å²) in [5.74, 6) is 0. The van der Waals surface area contributed by atoms with Crippen molar-refractivity contribution in [1.29, 1.82) is 5.26 Å². The van der Waals surface area contributed by atoms with Crippen LogP contribution in [0.1, 0.15) is 25.8 Å². The summed E-state index contributed by atoms with van der Waals surface area (Å²) < 4.78 is 0. The van der Waals surface area contributed by atoms with E-state index in [2.05, 4.69) is 11.4 Å². The van der Waals surface area contributed by atoms with Gasteiger partial charge in [0.25, 0.3) is 0 Å². The Labute approximate surface area is 102 Å². The predicted molar refractivity (Wildman–Crippen MR) is 67.2 cm³/mol. The third-order valence-electron chi connectivity index (χ3n) is 2.47. The minimum Gasteiger partial charge on any atom is -0.313 e. The Bertz CT molecular complexity index is 363. The lowest BCUT2D eigenvalue weighted by Crippen LogP contribution is -2.21. The molecule has 0 fully saturated rings. The second kappa shape index (κ2) is 5.89. The fraction of sp³-hybridized carbons (Fsp3) is 0.462. The monoisotopic (exact) mass is 236 g/mol. The summed E-state index contributed by atoms with van der Waals surface area (Å²) in [7, 11) is 0. The molecule has 0 aliphatic carbocycles. The van der Waals surface area contributed by atoms with E-state index in [1.807, 2.05) is 38.1 Å². The van der Waals surface area contributed by atoms with Crippen molar-refractivity contribution in [3.05, 3.63) is 34.9 Å². The van der Waals surface area contributed by atoms with Crippen molar-refractivity contribution in [2.45, 2.75) is 26.8 Å². The third kappa shape index (κ3) is 4.65. The Hall–Kier alpha value is -1.04. The van der Waals surface area contributed by atoms with Crippen LogP contribution in [0.4, 0.5) is 0 Å². The summed E-state index contributed by atoms with van der Waals surface area (Å²) in [6, 6.07) is 10.1. The molecule has 0 unspecified atom stereocenters. The summed E-state index contributed by atoms with van der Waals surface area (Å²) in [5, 5.41) is 12.9. The molecule has 86 valence electrons. The van der Waals surface area contributed by atoms with Crippen LogP contribution in [0.3, 0.4) is 0 Å². The van der Waals surface area contributed by atoms with Crippen molar-refractivity contribution in [2.24, 2.45) is 5.41 Å². The molecule has 0 saturated heterocycles. The SMILES string of the molecule is CC(C)(C#N)CCNCc1ccc(Cl)cc1. The molecular weight excluding hydrogens is 220 g/mol. The van der Waals surface area contributed by atoms with Crippen molar-refractivity contribution >= 4 is 11.6 Å². The molecule has 0 aromatic heterocycles. The van der Waals surface area contributed by atoms with Gasteiger partial charge in [-0.15, -0.1) is 0 Å². The van der Waals surface area contributed by atoms with Crippen molar-refractivity contribution < 1.29 is 0 Å². The molecular formula is C13H17ClN2. The van der Waals surface area contributed by atoms with Crippen molar-refractivity contribution in [3.63, 3.8) is 0 Å². The van der Waals surface area contributed by atoms with Crippen LogP contribution in [0.5, 0.6) is 0 Å². The van der Waals surface area contributed by atoms with Crippen LogP contribution in [0.2, 0.25) is 5.02 Å². The van der Waals surface area contributed by atoms with E-state index < -0.39 is 0 Å². The lowest BCUT2D eigenvalue weighted by molar-refractivity contribution is 0.432. The molecule has 1 aromatic rings. The standard InChI is InChI=1S/C13H17ClN2/c1-13(2,10-15)7-8-16-9-11-3-5-12(14)6-4-11/h3-6,16H,7-9H2,1-2H3. The van der Waals surface area contributed by atoms with Gasteiger partial charge in [-0.1, -0.05) is 23.7 Å². The predicted octanol–water partition coefficient (Wildman–Crippen LogP) is 3.37. The molecule has 16 heavy (non-hydrogen) atoms. The maximum Gasteiger partial charge on any atom is 0.0684 e. The zero-order valence-electron chi connectivity index (χ0n) is 9.76. The Balaban J connectivity index is 2.27. The second-order valence-electron chi connectivity index (χ2n) is 4.55. The number of halogens is 1. The first-order chi connectivity index (χ1) is 7.53. The lowest BCUT2D eigenvalue weighted by atomic mass is 9.91. The minimum atomic E-state index is -0.243. The number of benzene rings is 1. The van der Waals surface area contributed by atoms with Gasteiger partial charge in [-0.2, -0.15) is 5.26 Å². The minimum absolute atomic E-state index is 0.243. The fourth-order valence-corrected chi connectivity index (χ4v) is 1.42. The Morgan fingerprint density at radius 2 is 1.94 bits per heavy atom. The van der Waals surface area contributed by atoms with E-state index in [9.17, 15) is 0 Å². The smallest absolute Gasteiger partial charge is 0.0684 e. The van der Waals surface area contributed by atoms with Crippen molar-refractivity contribution in [2.75, 3.05) is 6.54 Å². The van der Waals surface area contributed by atoms with E-state index in [0.29, 0.717) is 0 Å². The van der Waals surface area contributed by atoms with E-state index >= 15 is 0 Å². The van der Waals surface area contributed by atoms with Gasteiger partial charge in [-0.3, -0.25) is 0 Å². The van der Waals surface area contributed by atoms with Gasteiger partial charge in [0.2, 0.25) is 0 Å². The van der Waals surface area contributed by atoms with E-state index in [0.717, 1.165) is 24.5 Å². The Kier molecular flexibility index (Phi) is 4.79. The van der Waals surface area contributed by atoms with Crippen LogP contribution in [-0.2, 0) is 6.54 Å². The number of nitrogens with one attached hydrogen (secondary N) is 1. The highest BCUT2D eigenvalue weighted by molar-refractivity contribution is 6.30. The number of nitrogens with zero attached hydrogens (tertiary/aromatic N) is 1. The number of nitriles is 1. The molecule has 0 aliphatic heterocycles. The van der Waals surface area contributed by atoms with Gasteiger partial charge < -0.3 is 5.32 Å². The van der Waals surface area contributed by atoms with Crippen LogP contribution in [-0.4, -0.2) is 6.54 Å². The molecule has 0 amide bonds. The zero-order chi connectivity index (χ0) is 12.0. The highest BCUT2D eigenvalue weighted by atomic mass is 35.5. The van der Waals surface area contributed by atoms with Gasteiger partial charge in [-0.25, -0.2) is 0 Å². The van der Waals surface area contributed by atoms with Crippen LogP contribution in [0.15, 0.2) is 24.3 Å². The van der Waals surface area contributed by atoms with Crippen molar-refractivity contribution in [1.82, 2.24) is 5.32 Å². The van der Waals surface area contributed by atoms with Crippen LogP contribution in [0, 0.1) is 16.7 Å². The normalized spacial score (nSPS) is 11.1. The first kappa shape index (κ1) is 13.0. The number of hydrogen-bond acceptors (Lipinski definition) is 2. The fourth-order valence-electron chi connectivity index (χ4n) is 1.29. The van der Waals surface area contributed by atoms with Gasteiger partial charge in [0.05, 0.1) is 11.5 Å². The van der Waals surface area contributed by atoms with E-state index in [4.69, 9.17) is 16.9 Å². The highest BCUT2D eigenvalue weighted by Gasteiger charge is 2.15. The van der Waals surface area contributed by atoms with Crippen molar-refractivity contribution in [3.8, 4) is 6.07 Å². The molecule has 0 aliphatic rings. The number of rotatable bonds is 5. The van der Waals surface area contributed by atoms with Gasteiger partial charge >= 0.3 is 0 Å². The van der Waals surface area contributed by atoms with E-state index in [1.54, 1.807) is 0 Å². The highest BCUT2D eigenvalue weighted by Crippen LogP contribution is 2.17.